The molecule has 1 aromatic heterocycles. The normalized spacial score (nSPS) is 28.0. The molecule has 1 N–H and O–H groups in total. The highest BCUT2D eigenvalue weighted by atomic mass is 32.1. The average molecular weight is 306 g/mol. The minimum atomic E-state index is 0.580. The van der Waals surface area contributed by atoms with E-state index in [1.807, 2.05) is 0 Å². The maximum Gasteiger partial charge on any atom is 0.226 e. The summed E-state index contributed by atoms with van der Waals surface area (Å²) in [6.45, 7) is 1.16. The molecule has 0 spiro atoms. The molecular formula is C16H26N4S. The van der Waals surface area contributed by atoms with Gasteiger partial charge in [-0.1, -0.05) is 25.7 Å². The van der Waals surface area contributed by atoms with Crippen LogP contribution in [0.1, 0.15) is 70.3 Å². The van der Waals surface area contributed by atoms with Crippen molar-refractivity contribution < 1.29 is 0 Å². The van der Waals surface area contributed by atoms with Crippen molar-refractivity contribution in [1.29, 1.82) is 0 Å². The predicted octanol–water partition coefficient (Wildman–Crippen LogP) is 4.21. The summed E-state index contributed by atoms with van der Waals surface area (Å²) in [7, 11) is 0. The zero-order chi connectivity index (χ0) is 14.2. The van der Waals surface area contributed by atoms with E-state index in [0.717, 1.165) is 23.2 Å². The van der Waals surface area contributed by atoms with Crippen LogP contribution in [0.25, 0.3) is 0 Å². The summed E-state index contributed by atoms with van der Waals surface area (Å²) < 4.78 is 3.17. The van der Waals surface area contributed by atoms with Crippen LogP contribution in [-0.4, -0.2) is 27.4 Å². The minimum absolute atomic E-state index is 0.580. The maximum absolute atomic E-state index is 5.54. The summed E-state index contributed by atoms with van der Waals surface area (Å²) in [5.41, 5.74) is 0. The molecule has 4 rings (SSSR count). The fourth-order valence-electron chi connectivity index (χ4n) is 4.86. The average Bonchev–Trinajstić information content (AvgIpc) is 3.26. The molecular weight excluding hydrogens is 280 g/mol. The molecule has 5 heteroatoms. The molecule has 2 saturated carbocycles. The third-order valence-electron chi connectivity index (χ3n) is 5.88. The molecule has 3 aliphatic rings. The second-order valence-corrected chi connectivity index (χ2v) is 7.47. The van der Waals surface area contributed by atoms with Crippen molar-refractivity contribution in [2.24, 2.45) is 5.92 Å². The first-order chi connectivity index (χ1) is 10.3. The largest absolute Gasteiger partial charge is 0.338 e. The Kier molecular flexibility index (Phi) is 3.78. The van der Waals surface area contributed by atoms with Gasteiger partial charge in [0.05, 0.1) is 0 Å². The van der Waals surface area contributed by atoms with Gasteiger partial charge in [0.2, 0.25) is 5.95 Å². The van der Waals surface area contributed by atoms with E-state index < -0.39 is 0 Å². The maximum atomic E-state index is 5.54. The Hall–Kier alpha value is -0.840. The van der Waals surface area contributed by atoms with E-state index in [1.165, 1.54) is 64.2 Å². The molecule has 0 amide bonds. The number of rotatable bonds is 3. The Morgan fingerprint density at radius 2 is 1.67 bits per heavy atom. The van der Waals surface area contributed by atoms with Crippen LogP contribution >= 0.6 is 12.2 Å². The molecule has 1 saturated heterocycles. The van der Waals surface area contributed by atoms with Crippen molar-refractivity contribution in [3.8, 4) is 0 Å². The van der Waals surface area contributed by atoms with Crippen LogP contribution in [0.5, 0.6) is 0 Å². The Morgan fingerprint density at radius 1 is 0.952 bits per heavy atom. The molecule has 21 heavy (non-hydrogen) atoms. The summed E-state index contributed by atoms with van der Waals surface area (Å²) in [4.78, 5) is 2.58. The summed E-state index contributed by atoms with van der Waals surface area (Å²) in [5, 5.41) is 7.71. The molecule has 116 valence electrons. The van der Waals surface area contributed by atoms with Gasteiger partial charge in [0, 0.05) is 18.6 Å². The van der Waals surface area contributed by atoms with Crippen LogP contribution in [-0.2, 0) is 0 Å². The molecule has 1 unspecified atom stereocenters. The van der Waals surface area contributed by atoms with Crippen molar-refractivity contribution in [1.82, 2.24) is 14.8 Å². The van der Waals surface area contributed by atoms with Crippen LogP contribution in [0.3, 0.4) is 0 Å². The van der Waals surface area contributed by atoms with Gasteiger partial charge >= 0.3 is 0 Å². The van der Waals surface area contributed by atoms with Gasteiger partial charge < -0.3 is 4.90 Å². The third-order valence-corrected chi connectivity index (χ3v) is 6.16. The van der Waals surface area contributed by atoms with Crippen molar-refractivity contribution in [2.45, 2.75) is 76.3 Å². The van der Waals surface area contributed by atoms with E-state index in [0.29, 0.717) is 12.1 Å². The smallest absolute Gasteiger partial charge is 0.226 e. The molecule has 1 aliphatic heterocycles. The van der Waals surface area contributed by atoms with Crippen LogP contribution in [0.15, 0.2) is 0 Å². The molecule has 0 bridgehead atoms. The number of nitrogens with one attached hydrogen (secondary N) is 1. The zero-order valence-electron chi connectivity index (χ0n) is 12.8. The van der Waals surface area contributed by atoms with Crippen molar-refractivity contribution in [3.63, 3.8) is 0 Å². The predicted molar refractivity (Wildman–Crippen MR) is 87.2 cm³/mol. The number of anilines is 1. The van der Waals surface area contributed by atoms with Gasteiger partial charge in [-0.25, -0.2) is 5.10 Å². The van der Waals surface area contributed by atoms with Crippen LogP contribution in [0.2, 0.25) is 0 Å². The van der Waals surface area contributed by atoms with Crippen molar-refractivity contribution >= 4 is 18.2 Å². The standard InChI is InChI=1S/C16H26N4S/c21-16-18-17-15(20(16)13-8-3-4-9-13)19-11-5-10-14(19)12-6-1-2-7-12/h12-14H,1-11H2,(H,18,21). The first-order valence-corrected chi connectivity index (χ1v) is 9.19. The van der Waals surface area contributed by atoms with Crippen LogP contribution < -0.4 is 4.90 Å². The van der Waals surface area contributed by atoms with E-state index in [1.54, 1.807) is 0 Å². The Morgan fingerprint density at radius 3 is 2.43 bits per heavy atom. The topological polar surface area (TPSA) is 36.9 Å². The first-order valence-electron chi connectivity index (χ1n) is 8.78. The van der Waals surface area contributed by atoms with E-state index in [4.69, 9.17) is 12.2 Å². The molecule has 0 radical (unpaired) electrons. The minimum Gasteiger partial charge on any atom is -0.338 e. The second-order valence-electron chi connectivity index (χ2n) is 7.08. The Balaban J connectivity index is 1.64. The highest BCUT2D eigenvalue weighted by molar-refractivity contribution is 7.71. The Bertz CT molecular complexity index is 537. The fraction of sp³-hybridized carbons (Fsp3) is 0.875. The number of aromatic amines is 1. The van der Waals surface area contributed by atoms with Crippen LogP contribution in [0.4, 0.5) is 5.95 Å². The van der Waals surface area contributed by atoms with Gasteiger partial charge in [-0.05, 0) is 56.7 Å². The van der Waals surface area contributed by atoms with Gasteiger partial charge in [0.25, 0.3) is 0 Å². The summed E-state index contributed by atoms with van der Waals surface area (Å²) >= 11 is 5.54. The molecule has 2 aliphatic carbocycles. The Labute approximate surface area is 131 Å². The summed E-state index contributed by atoms with van der Waals surface area (Å²) in [6.07, 6.45) is 13.5. The molecule has 0 aromatic carbocycles. The quantitative estimate of drug-likeness (QED) is 0.850. The highest BCUT2D eigenvalue weighted by Gasteiger charge is 2.36. The number of H-pyrrole nitrogens is 1. The first kappa shape index (κ1) is 13.8. The van der Waals surface area contributed by atoms with Crippen molar-refractivity contribution in [3.05, 3.63) is 4.77 Å². The number of nitrogens with zero attached hydrogens (tertiary/aromatic N) is 3. The van der Waals surface area contributed by atoms with Crippen LogP contribution in [0, 0.1) is 10.7 Å². The second kappa shape index (κ2) is 5.75. The van der Waals surface area contributed by atoms with Gasteiger partial charge in [0.15, 0.2) is 4.77 Å². The lowest BCUT2D eigenvalue weighted by atomic mass is 9.96. The fourth-order valence-corrected chi connectivity index (χ4v) is 5.14. The van der Waals surface area contributed by atoms with Gasteiger partial charge in [-0.3, -0.25) is 4.57 Å². The number of hydrogen-bond acceptors (Lipinski definition) is 3. The monoisotopic (exact) mass is 306 g/mol. The summed E-state index contributed by atoms with van der Waals surface area (Å²) in [5.74, 6) is 2.02. The van der Waals surface area contributed by atoms with Gasteiger partial charge in [-0.15, -0.1) is 5.10 Å². The zero-order valence-corrected chi connectivity index (χ0v) is 13.6. The highest BCUT2D eigenvalue weighted by Crippen LogP contribution is 2.39. The van der Waals surface area contributed by atoms with Gasteiger partial charge in [0.1, 0.15) is 0 Å². The number of hydrogen-bond donors (Lipinski definition) is 1. The van der Waals surface area contributed by atoms with E-state index in [-0.39, 0.29) is 0 Å². The molecule has 3 fully saturated rings. The molecule has 1 aromatic rings. The van der Waals surface area contributed by atoms with Crippen molar-refractivity contribution in [2.75, 3.05) is 11.4 Å². The number of aromatic nitrogens is 3. The SMILES string of the molecule is S=c1[nH]nc(N2CCCC2C2CCCC2)n1C1CCCC1. The molecule has 4 nitrogen and oxygen atoms in total. The van der Waals surface area contributed by atoms with E-state index in [9.17, 15) is 0 Å². The summed E-state index contributed by atoms with van der Waals surface area (Å²) in [6, 6.07) is 1.29. The van der Waals surface area contributed by atoms with Gasteiger partial charge in [-0.2, -0.15) is 0 Å². The lowest BCUT2D eigenvalue weighted by Crippen LogP contribution is -2.36. The lowest BCUT2D eigenvalue weighted by molar-refractivity contribution is 0.418. The van der Waals surface area contributed by atoms with E-state index >= 15 is 0 Å². The lowest BCUT2D eigenvalue weighted by Gasteiger charge is -2.31. The van der Waals surface area contributed by atoms with E-state index in [2.05, 4.69) is 19.7 Å². The molecule has 2 heterocycles. The molecule has 1 atom stereocenters. The third kappa shape index (κ3) is 2.43.